The first-order valence-corrected chi connectivity index (χ1v) is 8.56. The van der Waals surface area contributed by atoms with Gasteiger partial charge in [0, 0.05) is 12.1 Å². The largest absolute Gasteiger partial charge is 0.307 e. The van der Waals surface area contributed by atoms with Gasteiger partial charge >= 0.3 is 0 Å². The standard InChI is InChI=1S/C17H21Cl2N/c18-15-2-1-11(6-16(15)19)10-20-17-7-12-3-13(8-17)5-14(4-12)9-17/h1-2,6,12-14,20H,3-5,7-10H2. The Balaban J connectivity index is 1.47. The molecule has 20 heavy (non-hydrogen) atoms. The lowest BCUT2D eigenvalue weighted by atomic mass is 9.53. The molecule has 4 aliphatic carbocycles. The van der Waals surface area contributed by atoms with E-state index in [4.69, 9.17) is 23.2 Å². The minimum absolute atomic E-state index is 0.418. The smallest absolute Gasteiger partial charge is 0.0595 e. The molecule has 4 bridgehead atoms. The fraction of sp³-hybridized carbons (Fsp3) is 0.647. The highest BCUT2D eigenvalue weighted by Gasteiger charge is 2.50. The van der Waals surface area contributed by atoms with Crippen LogP contribution in [0.5, 0.6) is 0 Å². The molecule has 4 aliphatic rings. The van der Waals surface area contributed by atoms with Gasteiger partial charge in [-0.05, 0) is 74.0 Å². The van der Waals surface area contributed by atoms with E-state index in [-0.39, 0.29) is 0 Å². The Labute approximate surface area is 131 Å². The topological polar surface area (TPSA) is 12.0 Å². The van der Waals surface area contributed by atoms with Crippen LogP contribution in [0.1, 0.15) is 44.1 Å². The predicted molar refractivity (Wildman–Crippen MR) is 84.2 cm³/mol. The van der Waals surface area contributed by atoms with Crippen LogP contribution in [0.15, 0.2) is 18.2 Å². The second kappa shape index (κ2) is 4.90. The van der Waals surface area contributed by atoms with Crippen molar-refractivity contribution in [3.8, 4) is 0 Å². The maximum atomic E-state index is 6.11. The Kier molecular flexibility index (Phi) is 3.29. The van der Waals surface area contributed by atoms with Crippen LogP contribution in [-0.2, 0) is 6.54 Å². The van der Waals surface area contributed by atoms with Gasteiger partial charge < -0.3 is 5.32 Å². The summed E-state index contributed by atoms with van der Waals surface area (Å²) < 4.78 is 0. The van der Waals surface area contributed by atoms with Crippen molar-refractivity contribution in [2.75, 3.05) is 0 Å². The first-order chi connectivity index (χ1) is 9.62. The molecule has 1 nitrogen and oxygen atoms in total. The monoisotopic (exact) mass is 309 g/mol. The zero-order chi connectivity index (χ0) is 13.7. The van der Waals surface area contributed by atoms with E-state index in [1.807, 2.05) is 12.1 Å². The summed E-state index contributed by atoms with van der Waals surface area (Å²) in [4.78, 5) is 0. The van der Waals surface area contributed by atoms with Crippen LogP contribution in [0, 0.1) is 17.8 Å². The molecule has 0 unspecified atom stereocenters. The van der Waals surface area contributed by atoms with Crippen molar-refractivity contribution in [2.45, 2.75) is 50.6 Å². The van der Waals surface area contributed by atoms with E-state index in [9.17, 15) is 0 Å². The van der Waals surface area contributed by atoms with E-state index >= 15 is 0 Å². The average Bonchev–Trinajstić information content (AvgIpc) is 2.39. The van der Waals surface area contributed by atoms with Crippen LogP contribution in [-0.4, -0.2) is 5.54 Å². The van der Waals surface area contributed by atoms with Crippen molar-refractivity contribution in [3.05, 3.63) is 33.8 Å². The normalized spacial score (nSPS) is 38.4. The molecular weight excluding hydrogens is 289 g/mol. The van der Waals surface area contributed by atoms with E-state index in [0.29, 0.717) is 15.6 Å². The number of benzene rings is 1. The van der Waals surface area contributed by atoms with E-state index < -0.39 is 0 Å². The van der Waals surface area contributed by atoms with Crippen molar-refractivity contribution in [3.63, 3.8) is 0 Å². The highest BCUT2D eigenvalue weighted by Crippen LogP contribution is 2.55. The fourth-order valence-corrected chi connectivity index (χ4v) is 5.59. The lowest BCUT2D eigenvalue weighted by Crippen LogP contribution is -2.58. The molecule has 3 heteroatoms. The predicted octanol–water partition coefficient (Wildman–Crippen LogP) is 5.05. The Bertz CT molecular complexity index is 490. The zero-order valence-corrected chi connectivity index (χ0v) is 13.2. The van der Waals surface area contributed by atoms with Crippen LogP contribution < -0.4 is 5.32 Å². The molecule has 0 aliphatic heterocycles. The lowest BCUT2D eigenvalue weighted by molar-refractivity contribution is -0.0206. The molecular formula is C17H21Cl2N. The number of nitrogens with one attached hydrogen (secondary N) is 1. The zero-order valence-electron chi connectivity index (χ0n) is 11.7. The molecule has 0 spiro atoms. The fourth-order valence-electron chi connectivity index (χ4n) is 5.27. The molecule has 1 aromatic carbocycles. The summed E-state index contributed by atoms with van der Waals surface area (Å²) in [6.07, 6.45) is 8.65. The summed E-state index contributed by atoms with van der Waals surface area (Å²) in [6, 6.07) is 5.99. The number of rotatable bonds is 3. The molecule has 0 saturated heterocycles. The first kappa shape index (κ1) is 13.4. The van der Waals surface area contributed by atoms with Crippen molar-refractivity contribution < 1.29 is 0 Å². The molecule has 4 fully saturated rings. The summed E-state index contributed by atoms with van der Waals surface area (Å²) >= 11 is 12.1. The molecule has 0 atom stereocenters. The van der Waals surface area contributed by atoms with Gasteiger partial charge in [0.05, 0.1) is 10.0 Å². The van der Waals surface area contributed by atoms with Crippen molar-refractivity contribution in [1.82, 2.24) is 5.32 Å². The molecule has 0 heterocycles. The molecule has 0 aromatic heterocycles. The van der Waals surface area contributed by atoms with E-state index in [1.165, 1.54) is 44.1 Å². The van der Waals surface area contributed by atoms with Crippen LogP contribution in [0.3, 0.4) is 0 Å². The number of hydrogen-bond donors (Lipinski definition) is 1. The van der Waals surface area contributed by atoms with E-state index in [0.717, 1.165) is 24.3 Å². The Morgan fingerprint density at radius 2 is 1.55 bits per heavy atom. The maximum absolute atomic E-state index is 6.11. The summed E-state index contributed by atoms with van der Waals surface area (Å²) in [5.74, 6) is 2.97. The molecule has 0 radical (unpaired) electrons. The Morgan fingerprint density at radius 3 is 2.10 bits per heavy atom. The van der Waals surface area contributed by atoms with Gasteiger partial charge in [0.15, 0.2) is 0 Å². The lowest BCUT2D eigenvalue weighted by Gasteiger charge is -2.57. The van der Waals surface area contributed by atoms with Gasteiger partial charge in [-0.25, -0.2) is 0 Å². The van der Waals surface area contributed by atoms with E-state index in [1.54, 1.807) is 0 Å². The van der Waals surface area contributed by atoms with Crippen LogP contribution >= 0.6 is 23.2 Å². The maximum Gasteiger partial charge on any atom is 0.0595 e. The second-order valence-electron chi connectivity index (χ2n) is 7.30. The Morgan fingerprint density at radius 1 is 0.950 bits per heavy atom. The van der Waals surface area contributed by atoms with Gasteiger partial charge in [0.25, 0.3) is 0 Å². The van der Waals surface area contributed by atoms with Crippen molar-refractivity contribution in [2.24, 2.45) is 17.8 Å². The highest BCUT2D eigenvalue weighted by atomic mass is 35.5. The van der Waals surface area contributed by atoms with Gasteiger partial charge in [-0.2, -0.15) is 0 Å². The van der Waals surface area contributed by atoms with Gasteiger partial charge in [0.1, 0.15) is 0 Å². The minimum atomic E-state index is 0.418. The van der Waals surface area contributed by atoms with Gasteiger partial charge in [-0.3, -0.25) is 0 Å². The SMILES string of the molecule is Clc1ccc(CNC23CC4CC(CC(C4)C2)C3)cc1Cl. The molecule has 1 N–H and O–H groups in total. The van der Waals surface area contributed by atoms with Gasteiger partial charge in [-0.1, -0.05) is 29.3 Å². The third kappa shape index (κ3) is 2.38. The first-order valence-electron chi connectivity index (χ1n) is 7.81. The van der Waals surface area contributed by atoms with Crippen molar-refractivity contribution >= 4 is 23.2 Å². The third-order valence-electron chi connectivity index (χ3n) is 5.69. The average molecular weight is 310 g/mol. The second-order valence-corrected chi connectivity index (χ2v) is 8.11. The highest BCUT2D eigenvalue weighted by molar-refractivity contribution is 6.42. The summed E-state index contributed by atoms with van der Waals surface area (Å²) in [5, 5.41) is 5.20. The van der Waals surface area contributed by atoms with Crippen molar-refractivity contribution in [1.29, 1.82) is 0 Å². The number of hydrogen-bond acceptors (Lipinski definition) is 1. The van der Waals surface area contributed by atoms with Crippen LogP contribution in [0.2, 0.25) is 10.0 Å². The molecule has 108 valence electrons. The molecule has 4 saturated carbocycles. The summed E-state index contributed by atoms with van der Waals surface area (Å²) in [7, 11) is 0. The quantitative estimate of drug-likeness (QED) is 0.823. The van der Waals surface area contributed by atoms with Gasteiger partial charge in [-0.15, -0.1) is 0 Å². The summed E-state index contributed by atoms with van der Waals surface area (Å²) in [6.45, 7) is 0.920. The third-order valence-corrected chi connectivity index (χ3v) is 6.43. The number of halogens is 2. The van der Waals surface area contributed by atoms with E-state index in [2.05, 4.69) is 11.4 Å². The molecule has 0 amide bonds. The molecule has 5 rings (SSSR count). The van der Waals surface area contributed by atoms with Crippen LogP contribution in [0.4, 0.5) is 0 Å². The molecule has 1 aromatic rings. The Hall–Kier alpha value is -0.240. The van der Waals surface area contributed by atoms with Gasteiger partial charge in [0.2, 0.25) is 0 Å². The summed E-state index contributed by atoms with van der Waals surface area (Å²) in [5.41, 5.74) is 1.66. The minimum Gasteiger partial charge on any atom is -0.307 e. The van der Waals surface area contributed by atoms with Crippen LogP contribution in [0.25, 0.3) is 0 Å².